The van der Waals surface area contributed by atoms with Crippen LogP contribution in [0.25, 0.3) is 16.8 Å². The number of Topliss-reactive ketones (excluding diaryl/α,β-unsaturated/α-hetero) is 1. The van der Waals surface area contributed by atoms with E-state index in [0.29, 0.717) is 12.2 Å². The topological polar surface area (TPSA) is 17.1 Å². The summed E-state index contributed by atoms with van der Waals surface area (Å²) in [5.74, 6) is 0.385. The summed E-state index contributed by atoms with van der Waals surface area (Å²) in [5, 5.41) is 2.59. The van der Waals surface area contributed by atoms with Crippen LogP contribution in [0.1, 0.15) is 28.7 Å². The first-order valence-electron chi connectivity index (χ1n) is 8.59. The Labute approximate surface area is 140 Å². The molecule has 0 N–H and O–H groups in total. The standard InChI is InChI=1S/C23H16O/c24-20-13-17-10-9-15-5-1-3-7-18(15)21(17)23-14-22(20,23)12-11-16-6-2-4-8-19(16)23/h1-12H,13-14H2. The van der Waals surface area contributed by atoms with Gasteiger partial charge in [-0.25, -0.2) is 0 Å². The lowest BCUT2D eigenvalue weighted by Crippen LogP contribution is -2.35. The van der Waals surface area contributed by atoms with Crippen LogP contribution in [-0.2, 0) is 16.6 Å². The second kappa shape index (κ2) is 3.87. The molecule has 0 aromatic heterocycles. The van der Waals surface area contributed by atoms with E-state index >= 15 is 0 Å². The molecule has 24 heavy (non-hydrogen) atoms. The highest BCUT2D eigenvalue weighted by Gasteiger charge is 2.74. The fourth-order valence-corrected chi connectivity index (χ4v) is 5.35. The van der Waals surface area contributed by atoms with Crippen molar-refractivity contribution in [2.75, 3.05) is 0 Å². The second-order valence-corrected chi connectivity index (χ2v) is 7.39. The second-order valence-electron chi connectivity index (χ2n) is 7.39. The summed E-state index contributed by atoms with van der Waals surface area (Å²) in [6.45, 7) is 0. The van der Waals surface area contributed by atoms with Crippen molar-refractivity contribution in [3.05, 3.63) is 89.0 Å². The van der Waals surface area contributed by atoms with Gasteiger partial charge in [-0.2, -0.15) is 0 Å². The maximum atomic E-state index is 13.0. The summed E-state index contributed by atoms with van der Waals surface area (Å²) in [5.41, 5.74) is 4.76. The molecule has 1 nitrogen and oxygen atoms in total. The lowest BCUT2D eigenvalue weighted by atomic mass is 9.66. The molecule has 0 aliphatic heterocycles. The van der Waals surface area contributed by atoms with Crippen LogP contribution in [0.15, 0.2) is 66.7 Å². The lowest BCUT2D eigenvalue weighted by molar-refractivity contribution is -0.122. The van der Waals surface area contributed by atoms with E-state index in [0.717, 1.165) is 6.42 Å². The molecule has 3 aromatic rings. The maximum Gasteiger partial charge on any atom is 0.148 e. The van der Waals surface area contributed by atoms with Crippen LogP contribution in [0, 0.1) is 5.41 Å². The number of ketones is 1. The minimum absolute atomic E-state index is 0.149. The van der Waals surface area contributed by atoms with Gasteiger partial charge < -0.3 is 0 Å². The quantitative estimate of drug-likeness (QED) is 0.590. The lowest BCUT2D eigenvalue weighted by Gasteiger charge is -2.35. The molecule has 0 amide bonds. The van der Waals surface area contributed by atoms with Gasteiger partial charge in [0.05, 0.1) is 5.41 Å². The first-order valence-corrected chi connectivity index (χ1v) is 8.59. The summed E-state index contributed by atoms with van der Waals surface area (Å²) in [6, 6.07) is 21.5. The van der Waals surface area contributed by atoms with Gasteiger partial charge in [0.2, 0.25) is 0 Å². The smallest absolute Gasteiger partial charge is 0.148 e. The molecule has 3 aromatic carbocycles. The van der Waals surface area contributed by atoms with Crippen LogP contribution in [0.2, 0.25) is 0 Å². The van der Waals surface area contributed by atoms with Crippen molar-refractivity contribution in [1.29, 1.82) is 0 Å². The third kappa shape index (κ3) is 1.21. The van der Waals surface area contributed by atoms with Crippen molar-refractivity contribution in [3.63, 3.8) is 0 Å². The predicted octanol–water partition coefficient (Wildman–Crippen LogP) is 4.67. The Hall–Kier alpha value is -2.67. The number of carbonyl (C=O) groups is 1. The summed E-state index contributed by atoms with van der Waals surface area (Å²) in [6.07, 6.45) is 5.85. The summed E-state index contributed by atoms with van der Waals surface area (Å²) < 4.78 is 0. The SMILES string of the molecule is O=C1Cc2ccc3ccccc3c2C23CC12C=Cc1ccccc13. The Morgan fingerprint density at radius 1 is 0.875 bits per heavy atom. The molecule has 6 rings (SSSR count). The minimum atomic E-state index is -0.307. The number of carbonyl (C=O) groups excluding carboxylic acids is 1. The van der Waals surface area contributed by atoms with Crippen molar-refractivity contribution < 1.29 is 4.79 Å². The van der Waals surface area contributed by atoms with E-state index in [1.165, 1.54) is 33.0 Å². The molecule has 0 heterocycles. The summed E-state index contributed by atoms with van der Waals surface area (Å²) in [7, 11) is 0. The molecular weight excluding hydrogens is 292 g/mol. The molecule has 2 atom stereocenters. The predicted molar refractivity (Wildman–Crippen MR) is 96.0 cm³/mol. The third-order valence-electron chi connectivity index (χ3n) is 6.44. The molecule has 0 radical (unpaired) electrons. The molecule has 0 saturated heterocycles. The van der Waals surface area contributed by atoms with Crippen LogP contribution in [0.4, 0.5) is 0 Å². The van der Waals surface area contributed by atoms with Gasteiger partial charge >= 0.3 is 0 Å². The number of benzene rings is 3. The highest BCUT2D eigenvalue weighted by atomic mass is 16.1. The maximum absolute atomic E-state index is 13.0. The average Bonchev–Trinajstić information content (AvgIpc) is 3.34. The van der Waals surface area contributed by atoms with Crippen molar-refractivity contribution in [2.24, 2.45) is 5.41 Å². The Morgan fingerprint density at radius 3 is 2.67 bits per heavy atom. The number of allylic oxidation sites excluding steroid dienone is 1. The first kappa shape index (κ1) is 12.7. The van der Waals surface area contributed by atoms with Gasteiger partial charge in [0, 0.05) is 11.8 Å². The number of fused-ring (bicyclic) bond motifs is 4. The number of hydrogen-bond donors (Lipinski definition) is 0. The average molecular weight is 308 g/mol. The van der Waals surface area contributed by atoms with Crippen molar-refractivity contribution >= 4 is 22.6 Å². The van der Waals surface area contributed by atoms with Crippen LogP contribution in [0.5, 0.6) is 0 Å². The first-order chi connectivity index (χ1) is 11.8. The van der Waals surface area contributed by atoms with Crippen LogP contribution in [-0.4, -0.2) is 5.78 Å². The molecular formula is C23H16O. The van der Waals surface area contributed by atoms with E-state index in [-0.39, 0.29) is 10.8 Å². The molecule has 0 bridgehead atoms. The molecule has 1 heteroatoms. The monoisotopic (exact) mass is 308 g/mol. The van der Waals surface area contributed by atoms with Gasteiger partial charge in [-0.3, -0.25) is 4.79 Å². The van der Waals surface area contributed by atoms with Crippen molar-refractivity contribution in [2.45, 2.75) is 18.3 Å². The Balaban J connectivity index is 1.80. The van der Waals surface area contributed by atoms with Crippen LogP contribution < -0.4 is 0 Å². The summed E-state index contributed by atoms with van der Waals surface area (Å²) in [4.78, 5) is 13.0. The van der Waals surface area contributed by atoms with Gasteiger partial charge in [-0.1, -0.05) is 72.8 Å². The van der Waals surface area contributed by atoms with Gasteiger partial charge in [-0.05, 0) is 39.4 Å². The third-order valence-corrected chi connectivity index (χ3v) is 6.44. The number of rotatable bonds is 0. The van der Waals surface area contributed by atoms with Gasteiger partial charge in [0.15, 0.2) is 0 Å². The Morgan fingerprint density at radius 2 is 1.71 bits per heavy atom. The molecule has 3 aliphatic rings. The van der Waals surface area contributed by atoms with E-state index < -0.39 is 0 Å². The Kier molecular flexibility index (Phi) is 2.05. The van der Waals surface area contributed by atoms with Gasteiger partial charge in [0.1, 0.15) is 5.78 Å². The molecule has 2 unspecified atom stereocenters. The highest BCUT2D eigenvalue weighted by molar-refractivity contribution is 6.05. The molecule has 1 saturated carbocycles. The fraction of sp³-hybridized carbons (Fsp3) is 0.174. The van der Waals surface area contributed by atoms with E-state index in [9.17, 15) is 4.79 Å². The van der Waals surface area contributed by atoms with E-state index in [1.54, 1.807) is 0 Å². The molecule has 1 fully saturated rings. The zero-order valence-corrected chi connectivity index (χ0v) is 13.3. The van der Waals surface area contributed by atoms with Crippen molar-refractivity contribution in [1.82, 2.24) is 0 Å². The Bertz CT molecular complexity index is 1090. The summed E-state index contributed by atoms with van der Waals surface area (Å²) >= 11 is 0. The molecule has 3 aliphatic carbocycles. The van der Waals surface area contributed by atoms with E-state index in [4.69, 9.17) is 0 Å². The minimum Gasteiger partial charge on any atom is -0.298 e. The molecule has 114 valence electrons. The van der Waals surface area contributed by atoms with E-state index in [1.807, 2.05) is 0 Å². The van der Waals surface area contributed by atoms with Crippen LogP contribution >= 0.6 is 0 Å². The zero-order chi connectivity index (χ0) is 15.9. The van der Waals surface area contributed by atoms with Gasteiger partial charge in [0.25, 0.3) is 0 Å². The normalized spacial score (nSPS) is 28.8. The van der Waals surface area contributed by atoms with Crippen molar-refractivity contribution in [3.8, 4) is 0 Å². The zero-order valence-electron chi connectivity index (χ0n) is 13.3. The molecule has 0 spiro atoms. The largest absolute Gasteiger partial charge is 0.298 e. The van der Waals surface area contributed by atoms with Gasteiger partial charge in [-0.15, -0.1) is 0 Å². The fourth-order valence-electron chi connectivity index (χ4n) is 5.35. The van der Waals surface area contributed by atoms with E-state index in [2.05, 4.69) is 72.8 Å². The van der Waals surface area contributed by atoms with Crippen LogP contribution in [0.3, 0.4) is 0 Å². The highest BCUT2D eigenvalue weighted by Crippen LogP contribution is 2.75. The number of hydrogen-bond acceptors (Lipinski definition) is 1.